The van der Waals surface area contributed by atoms with Crippen molar-refractivity contribution in [2.75, 3.05) is 34.5 Å². The van der Waals surface area contributed by atoms with E-state index in [-0.39, 0.29) is 19.0 Å². The molecule has 0 aliphatic rings. The van der Waals surface area contributed by atoms with Crippen LogP contribution in [0.4, 0.5) is 0 Å². The van der Waals surface area contributed by atoms with Crippen molar-refractivity contribution in [3.05, 3.63) is 17.7 Å². The van der Waals surface area contributed by atoms with Crippen molar-refractivity contribution >= 4 is 5.78 Å². The smallest absolute Gasteiger partial charge is 0.203 e. The first-order chi connectivity index (χ1) is 8.62. The number of benzene rings is 1. The van der Waals surface area contributed by atoms with Gasteiger partial charge < -0.3 is 18.9 Å². The third kappa shape index (κ3) is 3.63. The van der Waals surface area contributed by atoms with E-state index in [1.165, 1.54) is 21.3 Å². The van der Waals surface area contributed by atoms with Crippen LogP contribution >= 0.6 is 0 Å². The van der Waals surface area contributed by atoms with E-state index < -0.39 is 0 Å². The van der Waals surface area contributed by atoms with Crippen LogP contribution in [0, 0.1) is 6.92 Å². The number of carbonyl (C=O) groups excluding carboxylic acids is 1. The van der Waals surface area contributed by atoms with E-state index in [1.807, 2.05) is 19.1 Å². The maximum atomic E-state index is 11.4. The van der Waals surface area contributed by atoms with Gasteiger partial charge in [0, 0.05) is 7.11 Å². The van der Waals surface area contributed by atoms with Gasteiger partial charge in [-0.1, -0.05) is 0 Å². The molecule has 100 valence electrons. The first-order valence-corrected chi connectivity index (χ1v) is 5.48. The molecule has 0 heterocycles. The molecule has 0 bridgehead atoms. The Hall–Kier alpha value is -1.75. The van der Waals surface area contributed by atoms with Crippen molar-refractivity contribution in [3.8, 4) is 17.2 Å². The van der Waals surface area contributed by atoms with Crippen LogP contribution in [0.25, 0.3) is 0 Å². The van der Waals surface area contributed by atoms with Crippen molar-refractivity contribution in [2.45, 2.75) is 6.92 Å². The first-order valence-electron chi connectivity index (χ1n) is 5.48. The van der Waals surface area contributed by atoms with E-state index in [9.17, 15) is 4.79 Å². The van der Waals surface area contributed by atoms with E-state index >= 15 is 0 Å². The second-order valence-electron chi connectivity index (χ2n) is 3.76. The molecule has 1 aromatic rings. The van der Waals surface area contributed by atoms with Crippen LogP contribution in [0.1, 0.15) is 5.56 Å². The summed E-state index contributed by atoms with van der Waals surface area (Å²) in [6.07, 6.45) is 0. The number of aryl methyl sites for hydroxylation is 1. The van der Waals surface area contributed by atoms with Crippen molar-refractivity contribution < 1.29 is 23.7 Å². The summed E-state index contributed by atoms with van der Waals surface area (Å²) in [6, 6.07) is 3.64. The summed E-state index contributed by atoms with van der Waals surface area (Å²) in [6.45, 7) is 1.87. The van der Waals surface area contributed by atoms with Gasteiger partial charge in [0.1, 0.15) is 13.2 Å². The SMILES string of the molecule is COCC(=O)COc1c(OC)cc(C)cc1OC. The quantitative estimate of drug-likeness (QED) is 0.740. The molecule has 0 amide bonds. The predicted octanol–water partition coefficient (Wildman–Crippen LogP) is 1.61. The fourth-order valence-corrected chi connectivity index (χ4v) is 1.51. The highest BCUT2D eigenvalue weighted by Crippen LogP contribution is 2.38. The summed E-state index contributed by atoms with van der Waals surface area (Å²) in [5.74, 6) is 1.35. The lowest BCUT2D eigenvalue weighted by atomic mass is 10.2. The van der Waals surface area contributed by atoms with Crippen molar-refractivity contribution in [1.29, 1.82) is 0 Å². The van der Waals surface area contributed by atoms with Gasteiger partial charge in [0.2, 0.25) is 5.75 Å². The van der Waals surface area contributed by atoms with Crippen LogP contribution in [0.3, 0.4) is 0 Å². The number of hydrogen-bond acceptors (Lipinski definition) is 5. The Balaban J connectivity index is 2.88. The molecule has 0 radical (unpaired) electrons. The Kier molecular flexibility index (Phi) is 5.45. The van der Waals surface area contributed by atoms with Crippen molar-refractivity contribution in [2.24, 2.45) is 0 Å². The summed E-state index contributed by atoms with van der Waals surface area (Å²) in [5, 5.41) is 0. The Bertz CT molecular complexity index is 389. The van der Waals surface area contributed by atoms with E-state index in [4.69, 9.17) is 18.9 Å². The zero-order valence-electron chi connectivity index (χ0n) is 11.1. The molecular weight excluding hydrogens is 236 g/mol. The average molecular weight is 254 g/mol. The molecule has 0 saturated carbocycles. The summed E-state index contributed by atoms with van der Waals surface area (Å²) < 4.78 is 20.6. The minimum Gasteiger partial charge on any atom is -0.493 e. The normalized spacial score (nSPS) is 10.0. The molecule has 1 rings (SSSR count). The predicted molar refractivity (Wildman–Crippen MR) is 66.7 cm³/mol. The van der Waals surface area contributed by atoms with E-state index in [0.29, 0.717) is 17.2 Å². The van der Waals surface area contributed by atoms with Crippen molar-refractivity contribution in [3.63, 3.8) is 0 Å². The van der Waals surface area contributed by atoms with Gasteiger partial charge >= 0.3 is 0 Å². The summed E-state index contributed by atoms with van der Waals surface area (Å²) in [4.78, 5) is 11.4. The van der Waals surface area contributed by atoms with Crippen molar-refractivity contribution in [1.82, 2.24) is 0 Å². The van der Waals surface area contributed by atoms with Crippen LogP contribution in [-0.4, -0.2) is 40.3 Å². The summed E-state index contributed by atoms with van der Waals surface area (Å²) in [5.41, 5.74) is 0.985. The molecule has 1 aromatic carbocycles. The molecular formula is C13H18O5. The minimum atomic E-state index is -0.151. The first kappa shape index (κ1) is 14.3. The number of ether oxygens (including phenoxy) is 4. The van der Waals surface area contributed by atoms with Crippen LogP contribution in [-0.2, 0) is 9.53 Å². The fraction of sp³-hybridized carbons (Fsp3) is 0.462. The zero-order valence-corrected chi connectivity index (χ0v) is 11.1. The number of methoxy groups -OCH3 is 3. The highest BCUT2D eigenvalue weighted by atomic mass is 16.5. The highest BCUT2D eigenvalue weighted by molar-refractivity contribution is 5.81. The fourth-order valence-electron chi connectivity index (χ4n) is 1.51. The largest absolute Gasteiger partial charge is 0.493 e. The minimum absolute atomic E-state index is 0.0243. The maximum Gasteiger partial charge on any atom is 0.203 e. The molecule has 0 saturated heterocycles. The summed E-state index contributed by atoms with van der Waals surface area (Å²) in [7, 11) is 4.54. The van der Waals surface area contributed by atoms with Crippen LogP contribution < -0.4 is 14.2 Å². The lowest BCUT2D eigenvalue weighted by Crippen LogP contribution is -2.16. The molecule has 0 unspecified atom stereocenters. The van der Waals surface area contributed by atoms with E-state index in [1.54, 1.807) is 0 Å². The van der Waals surface area contributed by atoms with Gasteiger partial charge in [-0.2, -0.15) is 0 Å². The summed E-state index contributed by atoms with van der Waals surface area (Å²) >= 11 is 0. The second kappa shape index (κ2) is 6.86. The zero-order chi connectivity index (χ0) is 13.5. The molecule has 0 aromatic heterocycles. The highest BCUT2D eigenvalue weighted by Gasteiger charge is 2.14. The molecule has 5 heteroatoms. The second-order valence-corrected chi connectivity index (χ2v) is 3.76. The lowest BCUT2D eigenvalue weighted by molar-refractivity contribution is -0.124. The van der Waals surface area contributed by atoms with Crippen LogP contribution in [0.15, 0.2) is 12.1 Å². The Morgan fingerprint density at radius 3 is 2.06 bits per heavy atom. The number of rotatable bonds is 7. The monoisotopic (exact) mass is 254 g/mol. The number of ketones is 1. The molecule has 5 nitrogen and oxygen atoms in total. The van der Waals surface area contributed by atoms with Crippen LogP contribution in [0.2, 0.25) is 0 Å². The van der Waals surface area contributed by atoms with Gasteiger partial charge in [-0.25, -0.2) is 0 Å². The van der Waals surface area contributed by atoms with E-state index in [0.717, 1.165) is 5.56 Å². The van der Waals surface area contributed by atoms with Gasteiger partial charge in [0.25, 0.3) is 0 Å². The van der Waals surface area contributed by atoms with Gasteiger partial charge in [-0.05, 0) is 24.6 Å². The number of Topliss-reactive ketones (excluding diaryl/α,β-unsaturated/α-hetero) is 1. The third-order valence-electron chi connectivity index (χ3n) is 2.29. The number of hydrogen-bond donors (Lipinski definition) is 0. The van der Waals surface area contributed by atoms with E-state index in [2.05, 4.69) is 0 Å². The van der Waals surface area contributed by atoms with Gasteiger partial charge in [0.05, 0.1) is 14.2 Å². The average Bonchev–Trinajstić information content (AvgIpc) is 2.36. The third-order valence-corrected chi connectivity index (χ3v) is 2.29. The standard InChI is InChI=1S/C13H18O5/c1-9-5-11(16-3)13(12(6-9)17-4)18-8-10(14)7-15-2/h5-6H,7-8H2,1-4H3. The molecule has 0 aliphatic carbocycles. The van der Waals surface area contributed by atoms with Gasteiger partial charge in [-0.3, -0.25) is 4.79 Å². The molecule has 18 heavy (non-hydrogen) atoms. The molecule has 0 atom stereocenters. The number of carbonyl (C=O) groups is 1. The van der Waals surface area contributed by atoms with Gasteiger partial charge in [0.15, 0.2) is 17.3 Å². The molecule has 0 N–H and O–H groups in total. The molecule has 0 fully saturated rings. The molecule has 0 spiro atoms. The lowest BCUT2D eigenvalue weighted by Gasteiger charge is -2.14. The van der Waals surface area contributed by atoms with Crippen LogP contribution in [0.5, 0.6) is 17.2 Å². The Labute approximate surface area is 107 Å². The Morgan fingerprint density at radius 2 is 1.61 bits per heavy atom. The maximum absolute atomic E-state index is 11.4. The molecule has 0 aliphatic heterocycles. The Morgan fingerprint density at radius 1 is 1.06 bits per heavy atom. The topological polar surface area (TPSA) is 54.0 Å². The van der Waals surface area contributed by atoms with Gasteiger partial charge in [-0.15, -0.1) is 0 Å².